The summed E-state index contributed by atoms with van der Waals surface area (Å²) < 4.78 is 0. The van der Waals surface area contributed by atoms with E-state index in [1.807, 2.05) is 0 Å². The van der Waals surface area contributed by atoms with Crippen LogP contribution in [0.1, 0.15) is 22.2 Å². The summed E-state index contributed by atoms with van der Waals surface area (Å²) in [5.74, 6) is -0.254. The summed E-state index contributed by atoms with van der Waals surface area (Å²) in [5, 5.41) is 16.8. The Kier molecular flexibility index (Phi) is 4.19. The second-order valence-electron chi connectivity index (χ2n) is 3.82. The van der Waals surface area contributed by atoms with Gasteiger partial charge in [-0.05, 0) is 30.5 Å². The number of rotatable bonds is 3. The molecule has 0 unspecified atom stereocenters. The molecule has 0 fully saturated rings. The number of halogens is 1. The van der Waals surface area contributed by atoms with Gasteiger partial charge in [0.05, 0.1) is 10.7 Å². The highest BCUT2D eigenvalue weighted by Gasteiger charge is 2.12. The smallest absolute Gasteiger partial charge is 0.267 e. The lowest BCUT2D eigenvalue weighted by molar-refractivity contribution is 0.103. The zero-order valence-corrected chi connectivity index (χ0v) is 11.6. The van der Waals surface area contributed by atoms with E-state index in [1.54, 1.807) is 42.6 Å². The summed E-state index contributed by atoms with van der Waals surface area (Å²) in [5.41, 5.74) is 1.83. The van der Waals surface area contributed by atoms with Crippen molar-refractivity contribution in [3.63, 3.8) is 0 Å². The molecule has 0 atom stereocenters. The van der Waals surface area contributed by atoms with Crippen molar-refractivity contribution in [3.05, 3.63) is 51.2 Å². The van der Waals surface area contributed by atoms with E-state index < -0.39 is 0 Å². The van der Waals surface area contributed by atoms with E-state index in [4.69, 9.17) is 16.8 Å². The Hall–Kier alpha value is -1.85. The summed E-state index contributed by atoms with van der Waals surface area (Å²) in [4.78, 5) is 12.5. The summed E-state index contributed by atoms with van der Waals surface area (Å²) >= 11 is 7.19. The third-order valence-electron chi connectivity index (χ3n) is 2.51. The number of hydrogen-bond acceptors (Lipinski definition) is 4. The maximum atomic E-state index is 12.0. The van der Waals surface area contributed by atoms with Gasteiger partial charge < -0.3 is 10.5 Å². The van der Waals surface area contributed by atoms with Crippen molar-refractivity contribution in [1.29, 1.82) is 0 Å². The lowest BCUT2D eigenvalue weighted by Crippen LogP contribution is -2.11. The van der Waals surface area contributed by atoms with Gasteiger partial charge in [-0.3, -0.25) is 4.79 Å². The third-order valence-corrected chi connectivity index (χ3v) is 3.85. The molecule has 4 nitrogen and oxygen atoms in total. The molecular weight excluding hydrogens is 284 g/mol. The molecule has 2 aromatic rings. The molecule has 1 amide bonds. The molecule has 1 aromatic carbocycles. The molecular formula is C13H11ClN2O2S. The van der Waals surface area contributed by atoms with Crippen molar-refractivity contribution < 1.29 is 10.0 Å². The van der Waals surface area contributed by atoms with E-state index in [1.165, 1.54) is 11.3 Å². The molecule has 1 heterocycles. The molecule has 98 valence electrons. The van der Waals surface area contributed by atoms with Crippen LogP contribution in [0.5, 0.6) is 0 Å². The summed E-state index contributed by atoms with van der Waals surface area (Å²) in [6.45, 7) is 1.68. The SMILES string of the molecule is C/C(=N/O)c1cccc(NC(=O)c2sccc2Cl)c1. The molecule has 2 N–H and O–H groups in total. The second kappa shape index (κ2) is 5.86. The highest BCUT2D eigenvalue weighted by atomic mass is 35.5. The second-order valence-corrected chi connectivity index (χ2v) is 5.14. The predicted molar refractivity (Wildman–Crippen MR) is 77.7 cm³/mol. The molecule has 19 heavy (non-hydrogen) atoms. The Balaban J connectivity index is 2.20. The monoisotopic (exact) mass is 294 g/mol. The van der Waals surface area contributed by atoms with E-state index in [9.17, 15) is 4.79 Å². The lowest BCUT2D eigenvalue weighted by atomic mass is 10.1. The van der Waals surface area contributed by atoms with Crippen LogP contribution in [0.3, 0.4) is 0 Å². The number of amides is 1. The van der Waals surface area contributed by atoms with Gasteiger partial charge in [0, 0.05) is 11.3 Å². The minimum atomic E-state index is -0.254. The topological polar surface area (TPSA) is 61.7 Å². The van der Waals surface area contributed by atoms with E-state index in [0.717, 1.165) is 5.56 Å². The first-order chi connectivity index (χ1) is 9.11. The van der Waals surface area contributed by atoms with Crippen molar-refractivity contribution in [1.82, 2.24) is 0 Å². The van der Waals surface area contributed by atoms with Crippen LogP contribution < -0.4 is 5.32 Å². The molecule has 6 heteroatoms. The summed E-state index contributed by atoms with van der Waals surface area (Å²) in [6.07, 6.45) is 0. The quantitative estimate of drug-likeness (QED) is 0.513. The van der Waals surface area contributed by atoms with Crippen LogP contribution in [0.25, 0.3) is 0 Å². The first-order valence-electron chi connectivity index (χ1n) is 5.45. The fraction of sp³-hybridized carbons (Fsp3) is 0.0769. The minimum absolute atomic E-state index is 0.254. The number of thiophene rings is 1. The molecule has 0 radical (unpaired) electrons. The van der Waals surface area contributed by atoms with Crippen LogP contribution in [-0.4, -0.2) is 16.8 Å². The molecule has 0 bridgehead atoms. The Labute approximate surface area is 119 Å². The van der Waals surface area contributed by atoms with Crippen molar-refractivity contribution >= 4 is 40.2 Å². The third kappa shape index (κ3) is 3.13. The van der Waals surface area contributed by atoms with Gasteiger partial charge in [0.2, 0.25) is 0 Å². The number of benzene rings is 1. The fourth-order valence-electron chi connectivity index (χ4n) is 1.52. The number of oxime groups is 1. The molecule has 0 saturated heterocycles. The summed E-state index contributed by atoms with van der Waals surface area (Å²) in [6, 6.07) is 8.74. The number of nitrogens with zero attached hydrogens (tertiary/aromatic N) is 1. The first-order valence-corrected chi connectivity index (χ1v) is 6.71. The Morgan fingerprint density at radius 2 is 2.21 bits per heavy atom. The molecule has 0 aliphatic rings. The molecule has 0 aliphatic heterocycles. The molecule has 0 aliphatic carbocycles. The molecule has 2 rings (SSSR count). The Morgan fingerprint density at radius 1 is 1.42 bits per heavy atom. The number of anilines is 1. The van der Waals surface area contributed by atoms with Crippen molar-refractivity contribution in [2.45, 2.75) is 6.92 Å². The molecule has 1 aromatic heterocycles. The van der Waals surface area contributed by atoms with Gasteiger partial charge in [-0.2, -0.15) is 0 Å². The van der Waals surface area contributed by atoms with Crippen molar-refractivity contribution in [3.8, 4) is 0 Å². The first kappa shape index (κ1) is 13.6. The van der Waals surface area contributed by atoms with Crippen LogP contribution >= 0.6 is 22.9 Å². The zero-order chi connectivity index (χ0) is 13.8. The number of carbonyl (C=O) groups is 1. The van der Waals surface area contributed by atoms with Gasteiger partial charge in [0.1, 0.15) is 4.88 Å². The standard InChI is InChI=1S/C13H11ClN2O2S/c1-8(16-18)9-3-2-4-10(7-9)15-13(17)12-11(14)5-6-19-12/h2-7,18H,1H3,(H,15,17)/b16-8-. The zero-order valence-electron chi connectivity index (χ0n) is 10.1. The van der Waals surface area contributed by atoms with Gasteiger partial charge in [0.15, 0.2) is 0 Å². The highest BCUT2D eigenvalue weighted by Crippen LogP contribution is 2.23. The Morgan fingerprint density at radius 3 is 2.84 bits per heavy atom. The average molecular weight is 295 g/mol. The van der Waals surface area contributed by atoms with E-state index in [0.29, 0.717) is 21.3 Å². The number of carbonyl (C=O) groups excluding carboxylic acids is 1. The van der Waals surface area contributed by atoms with Crippen LogP contribution in [0.15, 0.2) is 40.9 Å². The van der Waals surface area contributed by atoms with Crippen LogP contribution in [0.2, 0.25) is 5.02 Å². The number of nitrogens with one attached hydrogen (secondary N) is 1. The maximum absolute atomic E-state index is 12.0. The van der Waals surface area contributed by atoms with Gasteiger partial charge in [-0.25, -0.2) is 0 Å². The lowest BCUT2D eigenvalue weighted by Gasteiger charge is -2.06. The van der Waals surface area contributed by atoms with E-state index in [2.05, 4.69) is 10.5 Å². The average Bonchev–Trinajstić information content (AvgIpc) is 2.84. The van der Waals surface area contributed by atoms with Crippen molar-refractivity contribution in [2.24, 2.45) is 5.16 Å². The van der Waals surface area contributed by atoms with E-state index in [-0.39, 0.29) is 5.91 Å². The van der Waals surface area contributed by atoms with Crippen LogP contribution in [0, 0.1) is 0 Å². The van der Waals surface area contributed by atoms with Gasteiger partial charge in [0.25, 0.3) is 5.91 Å². The van der Waals surface area contributed by atoms with Crippen molar-refractivity contribution in [2.75, 3.05) is 5.32 Å². The summed E-state index contributed by atoms with van der Waals surface area (Å²) in [7, 11) is 0. The van der Waals surface area contributed by atoms with Gasteiger partial charge >= 0.3 is 0 Å². The maximum Gasteiger partial charge on any atom is 0.267 e. The number of hydrogen-bond donors (Lipinski definition) is 2. The minimum Gasteiger partial charge on any atom is -0.411 e. The van der Waals surface area contributed by atoms with Gasteiger partial charge in [-0.1, -0.05) is 28.9 Å². The highest BCUT2D eigenvalue weighted by molar-refractivity contribution is 7.12. The fourth-order valence-corrected chi connectivity index (χ4v) is 2.56. The normalized spacial score (nSPS) is 11.4. The predicted octanol–water partition coefficient (Wildman–Crippen LogP) is 3.85. The van der Waals surface area contributed by atoms with Crippen LogP contribution in [-0.2, 0) is 0 Å². The van der Waals surface area contributed by atoms with E-state index >= 15 is 0 Å². The molecule has 0 spiro atoms. The Bertz CT molecular complexity index is 637. The van der Waals surface area contributed by atoms with Crippen LogP contribution in [0.4, 0.5) is 5.69 Å². The largest absolute Gasteiger partial charge is 0.411 e. The molecule has 0 saturated carbocycles. The van der Waals surface area contributed by atoms with Gasteiger partial charge in [-0.15, -0.1) is 11.3 Å².